The summed E-state index contributed by atoms with van der Waals surface area (Å²) < 4.78 is 4.99. The van der Waals surface area contributed by atoms with Gasteiger partial charge in [-0.3, -0.25) is 4.79 Å². The van der Waals surface area contributed by atoms with Crippen LogP contribution < -0.4 is 10.1 Å². The molecule has 1 aromatic rings. The summed E-state index contributed by atoms with van der Waals surface area (Å²) in [6, 6.07) is 1.66. The Morgan fingerprint density at radius 2 is 2.22 bits per heavy atom. The van der Waals surface area contributed by atoms with Gasteiger partial charge in [-0.25, -0.2) is 4.98 Å². The molecule has 1 aliphatic rings. The summed E-state index contributed by atoms with van der Waals surface area (Å²) in [6.07, 6.45) is 5.01. The van der Waals surface area contributed by atoms with Crippen molar-refractivity contribution in [1.82, 2.24) is 14.9 Å². The SMILES string of the molecule is COc1ccnc(NCC(=O)N2CCCCC2)n1. The highest BCUT2D eigenvalue weighted by atomic mass is 16.5. The van der Waals surface area contributed by atoms with Gasteiger partial charge in [-0.15, -0.1) is 0 Å². The molecule has 1 fully saturated rings. The van der Waals surface area contributed by atoms with Gasteiger partial charge in [0.1, 0.15) is 0 Å². The van der Waals surface area contributed by atoms with Crippen LogP contribution in [0, 0.1) is 0 Å². The van der Waals surface area contributed by atoms with Crippen molar-refractivity contribution >= 4 is 11.9 Å². The second-order valence-corrected chi connectivity index (χ2v) is 4.22. The molecule has 0 aromatic carbocycles. The number of methoxy groups -OCH3 is 1. The summed E-state index contributed by atoms with van der Waals surface area (Å²) in [6.45, 7) is 1.95. The van der Waals surface area contributed by atoms with Gasteiger partial charge in [-0.1, -0.05) is 0 Å². The number of piperidine rings is 1. The van der Waals surface area contributed by atoms with Crippen LogP contribution >= 0.6 is 0 Å². The Kier molecular flexibility index (Phi) is 4.33. The van der Waals surface area contributed by atoms with Gasteiger partial charge >= 0.3 is 0 Å². The van der Waals surface area contributed by atoms with Gasteiger partial charge in [0, 0.05) is 25.4 Å². The summed E-state index contributed by atoms with van der Waals surface area (Å²) in [4.78, 5) is 21.9. The largest absolute Gasteiger partial charge is 0.481 e. The number of ether oxygens (including phenoxy) is 1. The smallest absolute Gasteiger partial charge is 0.241 e. The number of anilines is 1. The lowest BCUT2D eigenvalue weighted by atomic mass is 10.1. The molecule has 1 N–H and O–H groups in total. The van der Waals surface area contributed by atoms with E-state index in [2.05, 4.69) is 15.3 Å². The minimum Gasteiger partial charge on any atom is -0.481 e. The van der Waals surface area contributed by atoms with Crippen LogP contribution in [-0.2, 0) is 4.79 Å². The molecule has 1 saturated heterocycles. The van der Waals surface area contributed by atoms with Gasteiger partial charge in [-0.05, 0) is 19.3 Å². The monoisotopic (exact) mass is 250 g/mol. The van der Waals surface area contributed by atoms with E-state index in [0.717, 1.165) is 25.9 Å². The maximum atomic E-state index is 11.9. The van der Waals surface area contributed by atoms with Crippen LogP contribution in [0.15, 0.2) is 12.3 Å². The molecule has 0 aliphatic carbocycles. The average molecular weight is 250 g/mol. The second-order valence-electron chi connectivity index (χ2n) is 4.22. The number of carbonyl (C=O) groups is 1. The highest BCUT2D eigenvalue weighted by Gasteiger charge is 2.16. The summed E-state index contributed by atoms with van der Waals surface area (Å²) in [5.41, 5.74) is 0. The predicted molar refractivity (Wildman–Crippen MR) is 67.5 cm³/mol. The predicted octanol–water partition coefficient (Wildman–Crippen LogP) is 0.910. The number of carbonyl (C=O) groups excluding carboxylic acids is 1. The van der Waals surface area contributed by atoms with E-state index in [1.54, 1.807) is 19.4 Å². The quantitative estimate of drug-likeness (QED) is 0.860. The van der Waals surface area contributed by atoms with E-state index in [1.165, 1.54) is 6.42 Å². The first kappa shape index (κ1) is 12.6. The van der Waals surface area contributed by atoms with Gasteiger partial charge in [0.15, 0.2) is 0 Å². The Bertz CT molecular complexity index is 405. The number of amides is 1. The fraction of sp³-hybridized carbons (Fsp3) is 0.583. The van der Waals surface area contributed by atoms with Crippen molar-refractivity contribution in [2.45, 2.75) is 19.3 Å². The van der Waals surface area contributed by atoms with Crippen LogP contribution in [0.2, 0.25) is 0 Å². The molecule has 0 spiro atoms. The molecule has 0 atom stereocenters. The first-order chi connectivity index (χ1) is 8.79. The van der Waals surface area contributed by atoms with Crippen LogP contribution in [-0.4, -0.2) is 47.5 Å². The van der Waals surface area contributed by atoms with Crippen molar-refractivity contribution in [2.75, 3.05) is 32.1 Å². The zero-order chi connectivity index (χ0) is 12.8. The first-order valence-electron chi connectivity index (χ1n) is 6.18. The lowest BCUT2D eigenvalue weighted by Crippen LogP contribution is -2.39. The standard InChI is InChI=1S/C12H18N4O2/c1-18-10-5-6-13-12(15-10)14-9-11(17)16-7-3-2-4-8-16/h5-6H,2-4,7-9H2,1H3,(H,13,14,15). The zero-order valence-electron chi connectivity index (χ0n) is 10.6. The van der Waals surface area contributed by atoms with Gasteiger partial charge in [0.25, 0.3) is 0 Å². The summed E-state index contributed by atoms with van der Waals surface area (Å²) in [7, 11) is 1.55. The van der Waals surface area contributed by atoms with E-state index in [1.807, 2.05) is 4.90 Å². The van der Waals surface area contributed by atoms with Crippen LogP contribution in [0.3, 0.4) is 0 Å². The van der Waals surface area contributed by atoms with Crippen molar-refractivity contribution in [1.29, 1.82) is 0 Å². The molecule has 1 aromatic heterocycles. The van der Waals surface area contributed by atoms with Gasteiger partial charge in [-0.2, -0.15) is 4.98 Å². The van der Waals surface area contributed by atoms with E-state index < -0.39 is 0 Å². The highest BCUT2D eigenvalue weighted by Crippen LogP contribution is 2.10. The van der Waals surface area contributed by atoms with Crippen molar-refractivity contribution in [2.24, 2.45) is 0 Å². The minimum absolute atomic E-state index is 0.0983. The molecule has 2 heterocycles. The summed E-state index contributed by atoms with van der Waals surface area (Å²) >= 11 is 0. The molecule has 6 heteroatoms. The number of hydrogen-bond acceptors (Lipinski definition) is 5. The Labute approximate surface area is 106 Å². The van der Waals surface area contributed by atoms with Crippen molar-refractivity contribution in [3.8, 4) is 5.88 Å². The first-order valence-corrected chi connectivity index (χ1v) is 6.18. The third-order valence-electron chi connectivity index (χ3n) is 2.95. The average Bonchev–Trinajstić information content (AvgIpc) is 2.46. The molecule has 0 unspecified atom stereocenters. The molecule has 0 saturated carbocycles. The Morgan fingerprint density at radius 1 is 1.44 bits per heavy atom. The molecule has 18 heavy (non-hydrogen) atoms. The van der Waals surface area contributed by atoms with Crippen LogP contribution in [0.1, 0.15) is 19.3 Å². The third kappa shape index (κ3) is 3.32. The molecule has 98 valence electrons. The number of nitrogens with one attached hydrogen (secondary N) is 1. The molecule has 2 rings (SSSR count). The van der Waals surface area contributed by atoms with E-state index in [9.17, 15) is 4.79 Å². The molecule has 0 bridgehead atoms. The van der Waals surface area contributed by atoms with Crippen LogP contribution in [0.5, 0.6) is 5.88 Å². The zero-order valence-corrected chi connectivity index (χ0v) is 10.6. The number of hydrogen-bond donors (Lipinski definition) is 1. The van der Waals surface area contributed by atoms with Gasteiger partial charge in [0.05, 0.1) is 13.7 Å². The molecule has 6 nitrogen and oxygen atoms in total. The molecule has 1 amide bonds. The van der Waals surface area contributed by atoms with Crippen molar-refractivity contribution in [3.05, 3.63) is 12.3 Å². The Hall–Kier alpha value is -1.85. The number of likely N-dealkylation sites (tertiary alicyclic amines) is 1. The number of nitrogens with zero attached hydrogens (tertiary/aromatic N) is 3. The molecule has 0 radical (unpaired) electrons. The Morgan fingerprint density at radius 3 is 2.94 bits per heavy atom. The fourth-order valence-electron chi connectivity index (χ4n) is 1.95. The van der Waals surface area contributed by atoms with Crippen molar-refractivity contribution in [3.63, 3.8) is 0 Å². The van der Waals surface area contributed by atoms with E-state index in [4.69, 9.17) is 4.74 Å². The van der Waals surface area contributed by atoms with E-state index in [0.29, 0.717) is 11.8 Å². The molecular weight excluding hydrogens is 232 g/mol. The van der Waals surface area contributed by atoms with Crippen LogP contribution in [0.4, 0.5) is 5.95 Å². The highest BCUT2D eigenvalue weighted by molar-refractivity contribution is 5.80. The third-order valence-corrected chi connectivity index (χ3v) is 2.95. The Balaban J connectivity index is 1.84. The van der Waals surface area contributed by atoms with E-state index >= 15 is 0 Å². The number of rotatable bonds is 4. The number of aromatic nitrogens is 2. The summed E-state index contributed by atoms with van der Waals surface area (Å²) in [5, 5.41) is 2.92. The molecule has 1 aliphatic heterocycles. The van der Waals surface area contributed by atoms with Crippen LogP contribution in [0.25, 0.3) is 0 Å². The van der Waals surface area contributed by atoms with Gasteiger partial charge < -0.3 is 15.0 Å². The fourth-order valence-corrected chi connectivity index (χ4v) is 1.95. The van der Waals surface area contributed by atoms with Crippen molar-refractivity contribution < 1.29 is 9.53 Å². The topological polar surface area (TPSA) is 67.3 Å². The second kappa shape index (κ2) is 6.18. The maximum Gasteiger partial charge on any atom is 0.241 e. The summed E-state index contributed by atoms with van der Waals surface area (Å²) in [5.74, 6) is 0.999. The lowest BCUT2D eigenvalue weighted by molar-refractivity contribution is -0.130. The normalized spacial score (nSPS) is 15.3. The minimum atomic E-state index is 0.0983. The van der Waals surface area contributed by atoms with Gasteiger partial charge in [0.2, 0.25) is 17.7 Å². The lowest BCUT2D eigenvalue weighted by Gasteiger charge is -2.26. The molecular formula is C12H18N4O2. The maximum absolute atomic E-state index is 11.9. The van der Waals surface area contributed by atoms with E-state index in [-0.39, 0.29) is 12.5 Å².